The van der Waals surface area contributed by atoms with Gasteiger partial charge >= 0.3 is 0 Å². The largest absolute Gasteiger partial charge is 0.388 e. The molecule has 0 aliphatic carbocycles. The van der Waals surface area contributed by atoms with Gasteiger partial charge in [0, 0.05) is 12.7 Å². The van der Waals surface area contributed by atoms with Crippen LogP contribution in [0.3, 0.4) is 0 Å². The van der Waals surface area contributed by atoms with Crippen LogP contribution in [0, 0.1) is 6.92 Å². The molecule has 0 aliphatic rings. The Balaban J connectivity index is 2.02. The lowest BCUT2D eigenvalue weighted by molar-refractivity contribution is 0.958. The average Bonchev–Trinajstić information content (AvgIpc) is 2.38. The van der Waals surface area contributed by atoms with Crippen molar-refractivity contribution in [3.05, 3.63) is 65.2 Å². The van der Waals surface area contributed by atoms with Gasteiger partial charge in [0.1, 0.15) is 0 Å². The molecule has 1 nitrogen and oxygen atoms in total. The van der Waals surface area contributed by atoms with Gasteiger partial charge in [0.05, 0.1) is 0 Å². The van der Waals surface area contributed by atoms with Crippen LogP contribution in [0.1, 0.15) is 16.7 Å². The van der Waals surface area contributed by atoms with E-state index in [9.17, 15) is 0 Å². The minimum absolute atomic E-state index is 1.11. The maximum Gasteiger partial charge on any atom is 0.0367 e. The normalized spacial score (nSPS) is 10.2. The summed E-state index contributed by atoms with van der Waals surface area (Å²) in [6.45, 7) is 2.15. The third kappa shape index (κ3) is 3.10. The van der Waals surface area contributed by atoms with E-state index in [1.165, 1.54) is 22.4 Å². The maximum atomic E-state index is 3.20. The molecule has 88 valence electrons. The van der Waals surface area contributed by atoms with Gasteiger partial charge in [-0.1, -0.05) is 42.5 Å². The van der Waals surface area contributed by atoms with Crippen molar-refractivity contribution in [2.45, 2.75) is 19.8 Å². The van der Waals surface area contributed by atoms with Gasteiger partial charge in [0.15, 0.2) is 0 Å². The minimum Gasteiger partial charge on any atom is -0.388 e. The number of aryl methyl sites for hydroxylation is 3. The monoisotopic (exact) mass is 225 g/mol. The van der Waals surface area contributed by atoms with Crippen molar-refractivity contribution in [3.8, 4) is 0 Å². The lowest BCUT2D eigenvalue weighted by Crippen LogP contribution is -1.95. The molecule has 1 N–H and O–H groups in total. The summed E-state index contributed by atoms with van der Waals surface area (Å²) >= 11 is 0. The van der Waals surface area contributed by atoms with E-state index in [2.05, 4.69) is 60.8 Å². The van der Waals surface area contributed by atoms with Gasteiger partial charge in [-0.3, -0.25) is 0 Å². The highest BCUT2D eigenvalue weighted by atomic mass is 14.8. The van der Waals surface area contributed by atoms with Crippen LogP contribution in [0.5, 0.6) is 0 Å². The highest BCUT2D eigenvalue weighted by molar-refractivity contribution is 5.51. The fraction of sp³-hybridized carbons (Fsp3) is 0.250. The van der Waals surface area contributed by atoms with Crippen molar-refractivity contribution in [2.24, 2.45) is 0 Å². The Hall–Kier alpha value is -1.76. The Kier molecular flexibility index (Phi) is 3.81. The second-order valence-corrected chi connectivity index (χ2v) is 4.38. The standard InChI is InChI=1S/C16H19N/c1-13-12-15(10-11-16(13)17-2)9-8-14-6-4-3-5-7-14/h3-7,10-12,17H,8-9H2,1-2H3. The number of rotatable bonds is 4. The van der Waals surface area contributed by atoms with Gasteiger partial charge in [0.25, 0.3) is 0 Å². The first kappa shape index (κ1) is 11.7. The van der Waals surface area contributed by atoms with E-state index in [0.29, 0.717) is 0 Å². The van der Waals surface area contributed by atoms with Crippen LogP contribution < -0.4 is 5.32 Å². The number of hydrogen-bond donors (Lipinski definition) is 1. The zero-order valence-corrected chi connectivity index (χ0v) is 10.5. The van der Waals surface area contributed by atoms with Crippen LogP contribution in [0.15, 0.2) is 48.5 Å². The highest BCUT2D eigenvalue weighted by Gasteiger charge is 1.99. The van der Waals surface area contributed by atoms with E-state index < -0.39 is 0 Å². The summed E-state index contributed by atoms with van der Waals surface area (Å²) in [6, 6.07) is 17.3. The predicted octanol–water partition coefficient (Wildman–Crippen LogP) is 3.82. The summed E-state index contributed by atoms with van der Waals surface area (Å²) in [4.78, 5) is 0. The number of hydrogen-bond acceptors (Lipinski definition) is 1. The first-order chi connectivity index (χ1) is 8.29. The second-order valence-electron chi connectivity index (χ2n) is 4.38. The van der Waals surface area contributed by atoms with Gasteiger partial charge < -0.3 is 5.32 Å². The van der Waals surface area contributed by atoms with Crippen LogP contribution in [0.2, 0.25) is 0 Å². The van der Waals surface area contributed by atoms with E-state index in [0.717, 1.165) is 12.8 Å². The smallest absolute Gasteiger partial charge is 0.0367 e. The van der Waals surface area contributed by atoms with Crippen LogP contribution in [0.4, 0.5) is 5.69 Å². The number of nitrogens with one attached hydrogen (secondary N) is 1. The topological polar surface area (TPSA) is 12.0 Å². The Labute approximate surface area is 103 Å². The van der Waals surface area contributed by atoms with Crippen LogP contribution in [0.25, 0.3) is 0 Å². The first-order valence-corrected chi connectivity index (χ1v) is 6.11. The third-order valence-electron chi connectivity index (χ3n) is 3.11. The molecule has 0 unspecified atom stereocenters. The molecule has 0 amide bonds. The fourth-order valence-corrected chi connectivity index (χ4v) is 2.10. The lowest BCUT2D eigenvalue weighted by Gasteiger charge is -2.08. The van der Waals surface area contributed by atoms with Gasteiger partial charge in [-0.05, 0) is 42.5 Å². The summed E-state index contributed by atoms with van der Waals surface area (Å²) in [7, 11) is 1.96. The molecule has 0 atom stereocenters. The molecule has 0 aliphatic heterocycles. The van der Waals surface area contributed by atoms with Gasteiger partial charge in [-0.2, -0.15) is 0 Å². The molecule has 0 saturated carbocycles. The lowest BCUT2D eigenvalue weighted by atomic mass is 10.0. The molecular weight excluding hydrogens is 206 g/mol. The number of anilines is 1. The van der Waals surface area contributed by atoms with Crippen molar-refractivity contribution >= 4 is 5.69 Å². The van der Waals surface area contributed by atoms with E-state index in [1.54, 1.807) is 0 Å². The molecular formula is C16H19N. The van der Waals surface area contributed by atoms with Crippen LogP contribution in [-0.2, 0) is 12.8 Å². The molecule has 0 bridgehead atoms. The molecule has 17 heavy (non-hydrogen) atoms. The van der Waals surface area contributed by atoms with Crippen molar-refractivity contribution in [1.29, 1.82) is 0 Å². The summed E-state index contributed by atoms with van der Waals surface area (Å²) < 4.78 is 0. The van der Waals surface area contributed by atoms with Crippen LogP contribution in [-0.4, -0.2) is 7.05 Å². The predicted molar refractivity (Wildman–Crippen MR) is 74.6 cm³/mol. The molecule has 2 rings (SSSR count). The van der Waals surface area contributed by atoms with Gasteiger partial charge in [-0.25, -0.2) is 0 Å². The Bertz CT molecular complexity index is 474. The zero-order valence-electron chi connectivity index (χ0n) is 10.5. The molecule has 0 saturated heterocycles. The van der Waals surface area contributed by atoms with Crippen LogP contribution >= 0.6 is 0 Å². The SMILES string of the molecule is CNc1ccc(CCc2ccccc2)cc1C. The van der Waals surface area contributed by atoms with E-state index in [-0.39, 0.29) is 0 Å². The Morgan fingerprint density at radius 2 is 1.59 bits per heavy atom. The third-order valence-corrected chi connectivity index (χ3v) is 3.11. The summed E-state index contributed by atoms with van der Waals surface area (Å²) in [5.41, 5.74) is 5.35. The quantitative estimate of drug-likeness (QED) is 0.834. The van der Waals surface area contributed by atoms with Crippen molar-refractivity contribution in [2.75, 3.05) is 12.4 Å². The molecule has 2 aromatic carbocycles. The molecule has 2 aromatic rings. The highest BCUT2D eigenvalue weighted by Crippen LogP contribution is 2.17. The summed E-state index contributed by atoms with van der Waals surface area (Å²) in [5.74, 6) is 0. The maximum absolute atomic E-state index is 3.20. The second kappa shape index (κ2) is 5.53. The van der Waals surface area contributed by atoms with Crippen molar-refractivity contribution in [3.63, 3.8) is 0 Å². The van der Waals surface area contributed by atoms with Gasteiger partial charge in [0.2, 0.25) is 0 Å². The molecule has 1 heteroatoms. The zero-order chi connectivity index (χ0) is 12.1. The molecule has 0 spiro atoms. The average molecular weight is 225 g/mol. The molecule has 0 radical (unpaired) electrons. The molecule has 0 aromatic heterocycles. The Morgan fingerprint density at radius 1 is 0.882 bits per heavy atom. The van der Waals surface area contributed by atoms with E-state index in [1.807, 2.05) is 7.05 Å². The Morgan fingerprint density at radius 3 is 2.24 bits per heavy atom. The minimum atomic E-state index is 1.11. The summed E-state index contributed by atoms with van der Waals surface area (Å²) in [5, 5.41) is 3.20. The first-order valence-electron chi connectivity index (χ1n) is 6.11. The van der Waals surface area contributed by atoms with Crippen molar-refractivity contribution in [1.82, 2.24) is 0 Å². The number of benzene rings is 2. The fourth-order valence-electron chi connectivity index (χ4n) is 2.10. The van der Waals surface area contributed by atoms with E-state index in [4.69, 9.17) is 0 Å². The van der Waals surface area contributed by atoms with Crippen molar-refractivity contribution < 1.29 is 0 Å². The molecule has 0 fully saturated rings. The molecule has 0 heterocycles. The summed E-state index contributed by atoms with van der Waals surface area (Å²) in [6.07, 6.45) is 2.22. The van der Waals surface area contributed by atoms with E-state index >= 15 is 0 Å². The van der Waals surface area contributed by atoms with Gasteiger partial charge in [-0.15, -0.1) is 0 Å².